The first-order chi connectivity index (χ1) is 7.61. The lowest BCUT2D eigenvalue weighted by atomic mass is 10.1. The van der Waals surface area contributed by atoms with Crippen LogP contribution < -0.4 is 11.1 Å². The summed E-state index contributed by atoms with van der Waals surface area (Å²) in [5.41, 5.74) is 3.77. The number of halogens is 3. The molecule has 1 fully saturated rings. The minimum absolute atomic E-state index is 0.215. The number of amides is 3. The average Bonchev–Trinajstić information content (AvgIpc) is 2.32. The van der Waals surface area contributed by atoms with Crippen molar-refractivity contribution in [3.63, 3.8) is 0 Å². The summed E-state index contributed by atoms with van der Waals surface area (Å²) in [7, 11) is 0. The lowest BCUT2D eigenvalue weighted by Gasteiger charge is -2.27. The summed E-state index contributed by atoms with van der Waals surface area (Å²) < 4.78 is 38.2. The van der Waals surface area contributed by atoms with Crippen LogP contribution in [0.25, 0.3) is 0 Å². The molecule has 0 radical (unpaired) electrons. The molecule has 5 nitrogen and oxygen atoms in total. The molecule has 0 aromatic carbocycles. The van der Waals surface area contributed by atoms with Crippen molar-refractivity contribution in [2.45, 2.75) is 38.0 Å². The molecule has 1 unspecified atom stereocenters. The number of urea groups is 1. The minimum Gasteiger partial charge on any atom is -0.330 e. The van der Waals surface area contributed by atoms with E-state index in [1.807, 2.05) is 0 Å². The lowest BCUT2D eigenvalue weighted by molar-refractivity contribution is -0.182. The quantitative estimate of drug-likeness (QED) is 0.723. The zero-order valence-corrected chi connectivity index (χ0v) is 9.47. The van der Waals surface area contributed by atoms with Crippen LogP contribution in [0.4, 0.5) is 18.0 Å². The van der Waals surface area contributed by atoms with Crippen molar-refractivity contribution in [3.8, 4) is 0 Å². The van der Waals surface area contributed by atoms with Crippen LogP contribution in [0.1, 0.15) is 20.3 Å². The smallest absolute Gasteiger partial charge is 0.330 e. The molecule has 98 valence electrons. The van der Waals surface area contributed by atoms with Gasteiger partial charge in [-0.05, 0) is 26.8 Å². The minimum atomic E-state index is -4.67. The zero-order chi connectivity index (χ0) is 13.4. The summed E-state index contributed by atoms with van der Waals surface area (Å²) in [4.78, 5) is 23.3. The Hall–Kier alpha value is -1.31. The molecule has 1 atom stereocenters. The van der Waals surface area contributed by atoms with E-state index in [1.54, 1.807) is 0 Å². The van der Waals surface area contributed by atoms with E-state index in [-0.39, 0.29) is 11.4 Å². The highest BCUT2D eigenvalue weighted by Gasteiger charge is 2.54. The van der Waals surface area contributed by atoms with Crippen LogP contribution in [-0.4, -0.2) is 41.1 Å². The maximum absolute atomic E-state index is 12.7. The number of imide groups is 1. The van der Waals surface area contributed by atoms with Gasteiger partial charge in [0, 0.05) is 0 Å². The fraction of sp³-hybridized carbons (Fsp3) is 0.778. The molecule has 1 aliphatic rings. The first kappa shape index (κ1) is 13.8. The molecule has 1 rings (SSSR count). The van der Waals surface area contributed by atoms with Crippen molar-refractivity contribution in [1.82, 2.24) is 10.2 Å². The van der Waals surface area contributed by atoms with Gasteiger partial charge in [-0.15, -0.1) is 0 Å². The highest BCUT2D eigenvalue weighted by Crippen LogP contribution is 2.31. The summed E-state index contributed by atoms with van der Waals surface area (Å²) in [5, 5.41) is 2.20. The molecular weight excluding hydrogens is 239 g/mol. The van der Waals surface area contributed by atoms with Crippen LogP contribution >= 0.6 is 0 Å². The first-order valence-corrected chi connectivity index (χ1v) is 5.04. The molecule has 0 saturated carbocycles. The van der Waals surface area contributed by atoms with Gasteiger partial charge in [-0.2, -0.15) is 13.2 Å². The number of alkyl halides is 3. The van der Waals surface area contributed by atoms with E-state index in [9.17, 15) is 22.8 Å². The second-order valence-electron chi connectivity index (χ2n) is 4.37. The number of hydrogen-bond donors (Lipinski definition) is 2. The third-order valence-electron chi connectivity index (χ3n) is 2.52. The summed E-state index contributed by atoms with van der Waals surface area (Å²) in [6, 6.07) is -3.20. The van der Waals surface area contributed by atoms with Crippen LogP contribution in [0, 0.1) is 0 Å². The van der Waals surface area contributed by atoms with E-state index < -0.39 is 36.1 Å². The number of carbonyl (C=O) groups excluding carboxylic acids is 2. The van der Waals surface area contributed by atoms with Gasteiger partial charge < -0.3 is 11.1 Å². The third-order valence-corrected chi connectivity index (χ3v) is 2.52. The number of nitrogens with two attached hydrogens (primary N) is 1. The van der Waals surface area contributed by atoms with Gasteiger partial charge in [-0.1, -0.05) is 0 Å². The molecule has 3 N–H and O–H groups in total. The van der Waals surface area contributed by atoms with Crippen molar-refractivity contribution in [2.24, 2.45) is 5.73 Å². The molecule has 0 aromatic heterocycles. The molecule has 0 bridgehead atoms. The fourth-order valence-corrected chi connectivity index (χ4v) is 1.65. The van der Waals surface area contributed by atoms with Crippen LogP contribution in [0.15, 0.2) is 0 Å². The van der Waals surface area contributed by atoms with E-state index in [0.717, 1.165) is 0 Å². The average molecular weight is 253 g/mol. The molecule has 0 aliphatic carbocycles. The Balaban J connectivity index is 3.04. The number of carbonyl (C=O) groups is 2. The van der Waals surface area contributed by atoms with Gasteiger partial charge in [0.1, 0.15) is 11.6 Å². The summed E-state index contributed by atoms with van der Waals surface area (Å²) in [6.07, 6.45) is -5.18. The van der Waals surface area contributed by atoms with Crippen LogP contribution in [-0.2, 0) is 4.79 Å². The molecule has 0 spiro atoms. The molecule has 1 aliphatic heterocycles. The van der Waals surface area contributed by atoms with Gasteiger partial charge in [0.15, 0.2) is 0 Å². The topological polar surface area (TPSA) is 75.4 Å². The molecule has 0 aromatic rings. The second-order valence-corrected chi connectivity index (χ2v) is 4.37. The Bertz CT molecular complexity index is 341. The van der Waals surface area contributed by atoms with Gasteiger partial charge in [-0.25, -0.2) is 9.69 Å². The zero-order valence-electron chi connectivity index (χ0n) is 9.47. The van der Waals surface area contributed by atoms with Crippen LogP contribution in [0.2, 0.25) is 0 Å². The van der Waals surface area contributed by atoms with E-state index in [2.05, 4.69) is 5.32 Å². The molecule has 17 heavy (non-hydrogen) atoms. The molecule has 1 heterocycles. The second kappa shape index (κ2) is 4.17. The SMILES string of the molecule is CC1(C)NC(=O)N(C(CCN)C(F)(F)F)C1=O. The van der Waals surface area contributed by atoms with Crippen molar-refractivity contribution >= 4 is 11.9 Å². The summed E-state index contributed by atoms with van der Waals surface area (Å²) in [5.74, 6) is -0.890. The van der Waals surface area contributed by atoms with Crippen molar-refractivity contribution in [3.05, 3.63) is 0 Å². The van der Waals surface area contributed by atoms with Gasteiger partial charge in [0.25, 0.3) is 5.91 Å². The summed E-state index contributed by atoms with van der Waals surface area (Å²) in [6.45, 7) is 2.44. The predicted molar refractivity (Wildman–Crippen MR) is 53.0 cm³/mol. The molecule has 3 amide bonds. The van der Waals surface area contributed by atoms with Crippen molar-refractivity contribution < 1.29 is 22.8 Å². The first-order valence-electron chi connectivity index (χ1n) is 5.04. The Labute approximate surface area is 96.1 Å². The Kier molecular flexibility index (Phi) is 3.37. The van der Waals surface area contributed by atoms with E-state index in [4.69, 9.17) is 5.73 Å². The highest BCUT2D eigenvalue weighted by molar-refractivity contribution is 6.06. The van der Waals surface area contributed by atoms with Crippen LogP contribution in [0.5, 0.6) is 0 Å². The number of nitrogens with zero attached hydrogens (tertiary/aromatic N) is 1. The van der Waals surface area contributed by atoms with Crippen molar-refractivity contribution in [2.75, 3.05) is 6.54 Å². The lowest BCUT2D eigenvalue weighted by Crippen LogP contribution is -2.51. The van der Waals surface area contributed by atoms with Gasteiger partial charge in [-0.3, -0.25) is 4.79 Å². The van der Waals surface area contributed by atoms with E-state index >= 15 is 0 Å². The van der Waals surface area contributed by atoms with Gasteiger partial charge >= 0.3 is 12.2 Å². The standard InChI is InChI=1S/C9H14F3N3O2/c1-8(2)6(16)15(7(17)14-8)5(3-4-13)9(10,11)12/h5H,3-4,13H2,1-2H3,(H,14,17). The summed E-state index contributed by atoms with van der Waals surface area (Å²) >= 11 is 0. The van der Waals surface area contributed by atoms with Crippen molar-refractivity contribution in [1.29, 1.82) is 0 Å². The molecule has 1 saturated heterocycles. The Morgan fingerprint density at radius 1 is 1.41 bits per heavy atom. The third kappa shape index (κ3) is 2.51. The maximum atomic E-state index is 12.7. The van der Waals surface area contributed by atoms with Gasteiger partial charge in [0.05, 0.1) is 0 Å². The monoisotopic (exact) mass is 253 g/mol. The maximum Gasteiger partial charge on any atom is 0.409 e. The number of hydrogen-bond acceptors (Lipinski definition) is 3. The van der Waals surface area contributed by atoms with E-state index in [0.29, 0.717) is 0 Å². The highest BCUT2D eigenvalue weighted by atomic mass is 19.4. The Morgan fingerprint density at radius 2 is 1.94 bits per heavy atom. The fourth-order valence-electron chi connectivity index (χ4n) is 1.65. The number of rotatable bonds is 3. The van der Waals surface area contributed by atoms with Gasteiger partial charge in [0.2, 0.25) is 0 Å². The van der Waals surface area contributed by atoms with E-state index in [1.165, 1.54) is 13.8 Å². The normalized spacial score (nSPS) is 21.6. The Morgan fingerprint density at radius 3 is 2.24 bits per heavy atom. The number of nitrogens with one attached hydrogen (secondary N) is 1. The van der Waals surface area contributed by atoms with Crippen LogP contribution in [0.3, 0.4) is 0 Å². The predicted octanol–water partition coefficient (Wildman–Crippen LogP) is 0.597. The molecular formula is C9H14F3N3O2. The molecule has 8 heteroatoms. The largest absolute Gasteiger partial charge is 0.409 e.